The van der Waals surface area contributed by atoms with Crippen molar-refractivity contribution in [1.29, 1.82) is 0 Å². The number of sulfonamides is 1. The van der Waals surface area contributed by atoms with Crippen LogP contribution in [0.25, 0.3) is 0 Å². The molecule has 0 aliphatic heterocycles. The van der Waals surface area contributed by atoms with Gasteiger partial charge >= 0.3 is 0 Å². The van der Waals surface area contributed by atoms with Crippen molar-refractivity contribution in [2.24, 2.45) is 5.73 Å². The number of hydrogen-bond donors (Lipinski definition) is 1. The fourth-order valence-electron chi connectivity index (χ4n) is 1.32. The molecular weight excluding hydrogens is 224 g/mol. The molecule has 1 atom stereocenters. The maximum Gasteiger partial charge on any atom is 0.242 e. The lowest BCUT2D eigenvalue weighted by molar-refractivity contribution is 0.520. The lowest BCUT2D eigenvalue weighted by atomic mass is 10.0. The van der Waals surface area contributed by atoms with Crippen molar-refractivity contribution in [3.05, 3.63) is 29.8 Å². The topological polar surface area (TPSA) is 63.4 Å². The van der Waals surface area contributed by atoms with Crippen molar-refractivity contribution in [2.75, 3.05) is 20.6 Å². The average molecular weight is 242 g/mol. The summed E-state index contributed by atoms with van der Waals surface area (Å²) in [5, 5.41) is 0. The normalized spacial score (nSPS) is 14.1. The predicted molar refractivity (Wildman–Crippen MR) is 64.8 cm³/mol. The van der Waals surface area contributed by atoms with Crippen LogP contribution in [0.3, 0.4) is 0 Å². The Labute approximate surface area is 97.1 Å². The minimum Gasteiger partial charge on any atom is -0.330 e. The van der Waals surface area contributed by atoms with Gasteiger partial charge in [0.05, 0.1) is 4.90 Å². The Hall–Kier alpha value is -0.910. The molecule has 0 fully saturated rings. The fourth-order valence-corrected chi connectivity index (χ4v) is 2.22. The molecule has 5 heteroatoms. The second-order valence-electron chi connectivity index (χ2n) is 3.99. The summed E-state index contributed by atoms with van der Waals surface area (Å²) in [7, 11) is -0.285. The molecule has 4 nitrogen and oxygen atoms in total. The van der Waals surface area contributed by atoms with Crippen LogP contribution in [0.4, 0.5) is 0 Å². The monoisotopic (exact) mass is 242 g/mol. The average Bonchev–Trinajstić information content (AvgIpc) is 2.28. The molecule has 0 heterocycles. The van der Waals surface area contributed by atoms with E-state index in [9.17, 15) is 8.42 Å². The fraction of sp³-hybridized carbons (Fsp3) is 0.455. The van der Waals surface area contributed by atoms with Crippen LogP contribution in [0.5, 0.6) is 0 Å². The van der Waals surface area contributed by atoms with Crippen molar-refractivity contribution in [3.63, 3.8) is 0 Å². The molecule has 1 aromatic rings. The van der Waals surface area contributed by atoms with E-state index in [1.54, 1.807) is 12.1 Å². The standard InChI is InChI=1S/C11H18N2O2S/c1-9(8-12)10-4-6-11(7-5-10)16(14,15)13(2)3/h4-7,9H,8,12H2,1-3H3. The third-order valence-electron chi connectivity index (χ3n) is 2.58. The largest absolute Gasteiger partial charge is 0.330 e. The molecule has 0 radical (unpaired) electrons. The molecule has 1 unspecified atom stereocenters. The third-order valence-corrected chi connectivity index (χ3v) is 4.41. The number of rotatable bonds is 4. The van der Waals surface area contributed by atoms with Gasteiger partial charge in [-0.25, -0.2) is 12.7 Å². The summed E-state index contributed by atoms with van der Waals surface area (Å²) < 4.78 is 24.8. The second kappa shape index (κ2) is 4.95. The van der Waals surface area contributed by atoms with Crippen LogP contribution < -0.4 is 5.73 Å². The Kier molecular flexibility index (Phi) is 4.07. The van der Waals surface area contributed by atoms with Gasteiger partial charge in [-0.1, -0.05) is 19.1 Å². The van der Waals surface area contributed by atoms with Crippen molar-refractivity contribution in [1.82, 2.24) is 4.31 Å². The zero-order chi connectivity index (χ0) is 12.3. The SMILES string of the molecule is CC(CN)c1ccc(S(=O)(=O)N(C)C)cc1. The van der Waals surface area contributed by atoms with Crippen molar-refractivity contribution in [3.8, 4) is 0 Å². The summed E-state index contributed by atoms with van der Waals surface area (Å²) >= 11 is 0. The summed E-state index contributed by atoms with van der Waals surface area (Å²) in [5.74, 6) is 0.246. The van der Waals surface area contributed by atoms with Gasteiger partial charge in [-0.3, -0.25) is 0 Å². The molecule has 0 spiro atoms. The van der Waals surface area contributed by atoms with Crippen LogP contribution in [-0.2, 0) is 10.0 Å². The number of nitrogens with zero attached hydrogens (tertiary/aromatic N) is 1. The van der Waals surface area contributed by atoms with E-state index < -0.39 is 10.0 Å². The van der Waals surface area contributed by atoms with Crippen molar-refractivity contribution in [2.45, 2.75) is 17.7 Å². The Morgan fingerprint density at radius 1 is 1.25 bits per heavy atom. The zero-order valence-electron chi connectivity index (χ0n) is 9.84. The maximum atomic E-state index is 11.8. The minimum atomic E-state index is -3.32. The number of nitrogens with two attached hydrogens (primary N) is 1. The van der Waals surface area contributed by atoms with E-state index in [1.807, 2.05) is 19.1 Å². The van der Waals surface area contributed by atoms with E-state index in [-0.39, 0.29) is 5.92 Å². The van der Waals surface area contributed by atoms with E-state index in [4.69, 9.17) is 5.73 Å². The molecule has 0 saturated carbocycles. The van der Waals surface area contributed by atoms with Gasteiger partial charge in [0, 0.05) is 14.1 Å². The van der Waals surface area contributed by atoms with Gasteiger partial charge in [0.2, 0.25) is 10.0 Å². The highest BCUT2D eigenvalue weighted by atomic mass is 32.2. The van der Waals surface area contributed by atoms with Crippen LogP contribution in [-0.4, -0.2) is 33.4 Å². The Bertz CT molecular complexity index is 438. The Morgan fingerprint density at radius 2 is 1.75 bits per heavy atom. The summed E-state index contributed by atoms with van der Waals surface area (Å²) in [4.78, 5) is 0.311. The molecule has 0 saturated heterocycles. The molecule has 0 bridgehead atoms. The van der Waals surface area contributed by atoms with Crippen LogP contribution in [0.2, 0.25) is 0 Å². The summed E-state index contributed by atoms with van der Waals surface area (Å²) in [6, 6.07) is 6.87. The Morgan fingerprint density at radius 3 is 2.12 bits per heavy atom. The molecule has 1 aromatic carbocycles. The number of hydrogen-bond acceptors (Lipinski definition) is 3. The van der Waals surface area contributed by atoms with Crippen molar-refractivity contribution >= 4 is 10.0 Å². The van der Waals surface area contributed by atoms with E-state index in [0.29, 0.717) is 11.4 Å². The first-order valence-corrected chi connectivity index (χ1v) is 6.56. The lowest BCUT2D eigenvalue weighted by Gasteiger charge is -2.13. The van der Waals surface area contributed by atoms with Crippen LogP contribution in [0.15, 0.2) is 29.2 Å². The zero-order valence-corrected chi connectivity index (χ0v) is 10.7. The molecule has 90 valence electrons. The van der Waals surface area contributed by atoms with Gasteiger partial charge < -0.3 is 5.73 Å². The van der Waals surface area contributed by atoms with Gasteiger partial charge in [0.15, 0.2) is 0 Å². The molecule has 1 rings (SSSR count). The lowest BCUT2D eigenvalue weighted by Crippen LogP contribution is -2.22. The highest BCUT2D eigenvalue weighted by Gasteiger charge is 2.16. The van der Waals surface area contributed by atoms with Gasteiger partial charge in [-0.2, -0.15) is 0 Å². The molecule has 0 aliphatic carbocycles. The second-order valence-corrected chi connectivity index (χ2v) is 6.15. The summed E-state index contributed by atoms with van der Waals surface area (Å²) in [6.07, 6.45) is 0. The Balaban J connectivity index is 3.05. The van der Waals surface area contributed by atoms with E-state index in [0.717, 1.165) is 5.56 Å². The number of benzene rings is 1. The highest BCUT2D eigenvalue weighted by molar-refractivity contribution is 7.89. The first-order valence-electron chi connectivity index (χ1n) is 5.12. The molecule has 0 aromatic heterocycles. The molecular formula is C11H18N2O2S. The molecule has 0 aliphatic rings. The van der Waals surface area contributed by atoms with E-state index in [2.05, 4.69) is 0 Å². The van der Waals surface area contributed by atoms with E-state index in [1.165, 1.54) is 18.4 Å². The molecule has 2 N–H and O–H groups in total. The third kappa shape index (κ3) is 2.61. The van der Waals surface area contributed by atoms with E-state index >= 15 is 0 Å². The summed E-state index contributed by atoms with van der Waals surface area (Å²) in [6.45, 7) is 2.56. The summed E-state index contributed by atoms with van der Waals surface area (Å²) in [5.41, 5.74) is 6.61. The quantitative estimate of drug-likeness (QED) is 0.856. The first kappa shape index (κ1) is 13.2. The molecule has 0 amide bonds. The first-order chi connectivity index (χ1) is 7.39. The minimum absolute atomic E-state index is 0.246. The van der Waals surface area contributed by atoms with Gasteiger partial charge in [-0.15, -0.1) is 0 Å². The highest BCUT2D eigenvalue weighted by Crippen LogP contribution is 2.18. The van der Waals surface area contributed by atoms with Gasteiger partial charge in [-0.05, 0) is 30.2 Å². The predicted octanol–water partition coefficient (Wildman–Crippen LogP) is 0.999. The molecule has 16 heavy (non-hydrogen) atoms. The van der Waals surface area contributed by atoms with Crippen LogP contribution >= 0.6 is 0 Å². The van der Waals surface area contributed by atoms with Crippen LogP contribution in [0.1, 0.15) is 18.4 Å². The smallest absolute Gasteiger partial charge is 0.242 e. The maximum absolute atomic E-state index is 11.8. The van der Waals surface area contributed by atoms with Gasteiger partial charge in [0.25, 0.3) is 0 Å². The van der Waals surface area contributed by atoms with Crippen LogP contribution in [0, 0.1) is 0 Å². The van der Waals surface area contributed by atoms with Crippen molar-refractivity contribution < 1.29 is 8.42 Å². The van der Waals surface area contributed by atoms with Gasteiger partial charge in [0.1, 0.15) is 0 Å².